The molecule has 1 amide bonds. The van der Waals surface area contributed by atoms with Crippen molar-refractivity contribution in [3.8, 4) is 11.4 Å². The van der Waals surface area contributed by atoms with Gasteiger partial charge in [-0.25, -0.2) is 4.39 Å². The number of aromatic nitrogens is 2. The smallest absolute Gasteiger partial charge is 0.231 e. The second kappa shape index (κ2) is 8.80. The fourth-order valence-corrected chi connectivity index (χ4v) is 3.82. The SMILES string of the molecule is Cl.O=C(C1CCCNC1)N1CCCC(c2nc(-c3ccc(F)cc3)no2)C1. The van der Waals surface area contributed by atoms with Crippen molar-refractivity contribution in [1.82, 2.24) is 20.4 Å². The zero-order valence-electron chi connectivity index (χ0n) is 15.1. The summed E-state index contributed by atoms with van der Waals surface area (Å²) >= 11 is 0. The highest BCUT2D eigenvalue weighted by Gasteiger charge is 2.32. The molecule has 4 rings (SSSR count). The standard InChI is InChI=1S/C19H23FN4O2.ClH/c20-16-7-5-13(6-8-16)17-22-18(26-23-17)15-4-2-10-24(12-15)19(25)14-3-1-9-21-11-14;/h5-8,14-15,21H,1-4,9-12H2;1H. The van der Waals surface area contributed by atoms with Crippen LogP contribution in [0.15, 0.2) is 28.8 Å². The molecule has 2 aliphatic rings. The Kier molecular flexibility index (Phi) is 6.44. The van der Waals surface area contributed by atoms with Crippen molar-refractivity contribution in [2.75, 3.05) is 26.2 Å². The molecule has 2 saturated heterocycles. The summed E-state index contributed by atoms with van der Waals surface area (Å²) in [6.07, 6.45) is 3.88. The summed E-state index contributed by atoms with van der Waals surface area (Å²) in [6.45, 7) is 3.20. The topological polar surface area (TPSA) is 71.3 Å². The van der Waals surface area contributed by atoms with E-state index in [1.165, 1.54) is 12.1 Å². The van der Waals surface area contributed by atoms with Crippen molar-refractivity contribution in [1.29, 1.82) is 0 Å². The lowest BCUT2D eigenvalue weighted by molar-refractivity contribution is -0.137. The maximum absolute atomic E-state index is 13.1. The summed E-state index contributed by atoms with van der Waals surface area (Å²) < 4.78 is 18.5. The van der Waals surface area contributed by atoms with E-state index in [1.807, 2.05) is 4.90 Å². The second-order valence-electron chi connectivity index (χ2n) is 7.13. The molecule has 27 heavy (non-hydrogen) atoms. The van der Waals surface area contributed by atoms with Gasteiger partial charge in [0.1, 0.15) is 5.82 Å². The number of hydrogen-bond acceptors (Lipinski definition) is 5. The number of rotatable bonds is 3. The largest absolute Gasteiger partial charge is 0.342 e. The maximum atomic E-state index is 13.1. The lowest BCUT2D eigenvalue weighted by Crippen LogP contribution is -2.46. The van der Waals surface area contributed by atoms with E-state index in [0.29, 0.717) is 18.3 Å². The zero-order chi connectivity index (χ0) is 17.9. The molecule has 1 aromatic heterocycles. The third kappa shape index (κ3) is 4.47. The third-order valence-corrected chi connectivity index (χ3v) is 5.27. The molecule has 2 unspecified atom stereocenters. The molecule has 2 fully saturated rings. The van der Waals surface area contributed by atoms with Crippen LogP contribution in [0.3, 0.4) is 0 Å². The number of hydrogen-bond donors (Lipinski definition) is 1. The Labute approximate surface area is 163 Å². The molecular formula is C19H24ClFN4O2. The summed E-state index contributed by atoms with van der Waals surface area (Å²) in [4.78, 5) is 19.2. The fourth-order valence-electron chi connectivity index (χ4n) is 3.82. The van der Waals surface area contributed by atoms with Crippen LogP contribution < -0.4 is 5.32 Å². The first kappa shape index (κ1) is 19.8. The van der Waals surface area contributed by atoms with Gasteiger partial charge in [0.05, 0.1) is 11.8 Å². The predicted molar refractivity (Wildman–Crippen MR) is 101 cm³/mol. The maximum Gasteiger partial charge on any atom is 0.231 e. The lowest BCUT2D eigenvalue weighted by Gasteiger charge is -2.34. The van der Waals surface area contributed by atoms with Crippen LogP contribution in [0.2, 0.25) is 0 Å². The molecule has 1 N–H and O–H groups in total. The Morgan fingerprint density at radius 1 is 1.22 bits per heavy atom. The minimum atomic E-state index is -0.295. The average Bonchev–Trinajstić information content (AvgIpc) is 3.19. The van der Waals surface area contributed by atoms with Gasteiger partial charge >= 0.3 is 0 Å². The number of likely N-dealkylation sites (tertiary alicyclic amines) is 1. The van der Waals surface area contributed by atoms with Crippen molar-refractivity contribution < 1.29 is 13.7 Å². The number of benzene rings is 1. The highest BCUT2D eigenvalue weighted by atomic mass is 35.5. The lowest BCUT2D eigenvalue weighted by atomic mass is 9.93. The summed E-state index contributed by atoms with van der Waals surface area (Å²) in [6, 6.07) is 6.03. The van der Waals surface area contributed by atoms with E-state index in [-0.39, 0.29) is 36.0 Å². The number of nitrogens with zero attached hydrogens (tertiary/aromatic N) is 3. The molecule has 0 aliphatic carbocycles. The molecule has 2 aromatic rings. The van der Waals surface area contributed by atoms with Gasteiger partial charge in [0, 0.05) is 25.2 Å². The van der Waals surface area contributed by atoms with E-state index in [9.17, 15) is 9.18 Å². The first-order valence-electron chi connectivity index (χ1n) is 9.30. The van der Waals surface area contributed by atoms with Crippen LogP contribution in [0.4, 0.5) is 4.39 Å². The minimum Gasteiger partial charge on any atom is -0.342 e. The van der Waals surface area contributed by atoms with E-state index in [4.69, 9.17) is 4.52 Å². The third-order valence-electron chi connectivity index (χ3n) is 5.27. The van der Waals surface area contributed by atoms with Gasteiger partial charge in [0.15, 0.2) is 0 Å². The van der Waals surface area contributed by atoms with Crippen molar-refractivity contribution in [2.24, 2.45) is 5.92 Å². The molecule has 146 valence electrons. The van der Waals surface area contributed by atoms with Crippen LogP contribution >= 0.6 is 12.4 Å². The van der Waals surface area contributed by atoms with E-state index < -0.39 is 0 Å². The summed E-state index contributed by atoms with van der Waals surface area (Å²) in [7, 11) is 0. The second-order valence-corrected chi connectivity index (χ2v) is 7.13. The number of carbonyl (C=O) groups is 1. The average molecular weight is 395 g/mol. The highest BCUT2D eigenvalue weighted by Crippen LogP contribution is 2.29. The number of piperidine rings is 2. The van der Waals surface area contributed by atoms with Gasteiger partial charge in [-0.2, -0.15) is 4.98 Å². The van der Waals surface area contributed by atoms with Gasteiger partial charge in [-0.3, -0.25) is 4.79 Å². The number of amides is 1. The van der Waals surface area contributed by atoms with Gasteiger partial charge in [-0.15, -0.1) is 12.4 Å². The van der Waals surface area contributed by atoms with Gasteiger partial charge in [0.25, 0.3) is 0 Å². The van der Waals surface area contributed by atoms with Gasteiger partial charge in [0.2, 0.25) is 17.6 Å². The Morgan fingerprint density at radius 2 is 2.04 bits per heavy atom. The van der Waals surface area contributed by atoms with Crippen molar-refractivity contribution >= 4 is 18.3 Å². The van der Waals surface area contributed by atoms with Crippen LogP contribution in [0.25, 0.3) is 11.4 Å². The van der Waals surface area contributed by atoms with Crippen molar-refractivity contribution in [2.45, 2.75) is 31.6 Å². The fraction of sp³-hybridized carbons (Fsp3) is 0.526. The van der Waals surface area contributed by atoms with Crippen LogP contribution in [-0.2, 0) is 4.79 Å². The molecule has 3 heterocycles. The molecule has 1 aromatic carbocycles. The van der Waals surface area contributed by atoms with Crippen molar-refractivity contribution in [3.63, 3.8) is 0 Å². The summed E-state index contributed by atoms with van der Waals surface area (Å²) in [5, 5.41) is 7.34. The van der Waals surface area contributed by atoms with Gasteiger partial charge in [-0.05, 0) is 56.5 Å². The molecule has 0 radical (unpaired) electrons. The Balaban J connectivity index is 0.00000210. The summed E-state index contributed by atoms with van der Waals surface area (Å²) in [5.41, 5.74) is 0.721. The quantitative estimate of drug-likeness (QED) is 0.866. The van der Waals surface area contributed by atoms with Crippen LogP contribution in [0.5, 0.6) is 0 Å². The molecule has 0 saturated carbocycles. The van der Waals surface area contributed by atoms with E-state index in [1.54, 1.807) is 12.1 Å². The monoisotopic (exact) mass is 394 g/mol. The van der Waals surface area contributed by atoms with Crippen LogP contribution in [0.1, 0.15) is 37.5 Å². The Hall–Kier alpha value is -1.99. The molecule has 2 aliphatic heterocycles. The normalized spacial score (nSPS) is 22.9. The summed E-state index contributed by atoms with van der Waals surface area (Å²) in [5.74, 6) is 1.10. The van der Waals surface area contributed by atoms with E-state index in [2.05, 4.69) is 15.5 Å². The molecule has 8 heteroatoms. The zero-order valence-corrected chi connectivity index (χ0v) is 15.9. The Bertz CT molecular complexity index is 761. The molecule has 6 nitrogen and oxygen atoms in total. The van der Waals surface area contributed by atoms with Gasteiger partial charge in [-0.1, -0.05) is 5.16 Å². The first-order valence-corrected chi connectivity index (χ1v) is 9.30. The molecule has 2 atom stereocenters. The minimum absolute atomic E-state index is 0. The van der Waals surface area contributed by atoms with Crippen molar-refractivity contribution in [3.05, 3.63) is 36.0 Å². The number of halogens is 2. The predicted octanol–water partition coefficient (Wildman–Crippen LogP) is 3.00. The highest BCUT2D eigenvalue weighted by molar-refractivity contribution is 5.85. The van der Waals surface area contributed by atoms with E-state index >= 15 is 0 Å². The van der Waals surface area contributed by atoms with Gasteiger partial charge < -0.3 is 14.7 Å². The molecule has 0 bridgehead atoms. The number of carbonyl (C=O) groups excluding carboxylic acids is 1. The van der Waals surface area contributed by atoms with Crippen LogP contribution in [0, 0.1) is 11.7 Å². The first-order chi connectivity index (χ1) is 12.7. The van der Waals surface area contributed by atoms with Crippen LogP contribution in [-0.4, -0.2) is 47.1 Å². The number of nitrogens with one attached hydrogen (secondary N) is 1. The Morgan fingerprint density at radius 3 is 2.78 bits per heavy atom. The molecule has 0 spiro atoms. The van der Waals surface area contributed by atoms with E-state index in [0.717, 1.165) is 50.9 Å². The molecular weight excluding hydrogens is 371 g/mol.